The van der Waals surface area contributed by atoms with Gasteiger partial charge in [-0.1, -0.05) is 6.07 Å². The smallest absolute Gasteiger partial charge is 0.226 e. The fourth-order valence-electron chi connectivity index (χ4n) is 3.79. The van der Waals surface area contributed by atoms with Gasteiger partial charge in [-0.05, 0) is 57.6 Å². The summed E-state index contributed by atoms with van der Waals surface area (Å²) in [5.41, 5.74) is 0.0824. The molecule has 104 valence electrons. The molecule has 1 spiro atoms. The van der Waals surface area contributed by atoms with Crippen LogP contribution in [0.5, 0.6) is 0 Å². The van der Waals surface area contributed by atoms with Gasteiger partial charge in [-0.15, -0.1) is 11.3 Å². The lowest BCUT2D eigenvalue weighted by Gasteiger charge is -2.47. The SMILES string of the molecule is CN(C)C1(c2cccs2)CCC2(CCNC2=O)CC1. The standard InChI is InChI=1S/C15H22N2OS/c1-17(2)15(12-4-3-11-19-12)7-5-14(6-8-15)9-10-16-13(14)18/h3-4,11H,5-10H2,1-2H3,(H,16,18). The molecule has 0 aromatic carbocycles. The van der Waals surface area contributed by atoms with Crippen molar-refractivity contribution in [3.05, 3.63) is 22.4 Å². The summed E-state index contributed by atoms with van der Waals surface area (Å²) in [5, 5.41) is 5.18. The van der Waals surface area contributed by atoms with E-state index in [0.29, 0.717) is 5.91 Å². The predicted octanol–water partition coefficient (Wildman–Crippen LogP) is 2.59. The molecule has 0 atom stereocenters. The Balaban J connectivity index is 1.85. The van der Waals surface area contributed by atoms with Gasteiger partial charge in [0.2, 0.25) is 5.91 Å². The predicted molar refractivity (Wildman–Crippen MR) is 78.2 cm³/mol. The van der Waals surface area contributed by atoms with Crippen LogP contribution in [-0.4, -0.2) is 31.4 Å². The minimum atomic E-state index is -0.0588. The molecule has 4 heteroatoms. The lowest BCUT2D eigenvalue weighted by Crippen LogP contribution is -2.48. The maximum atomic E-state index is 12.1. The van der Waals surface area contributed by atoms with E-state index in [4.69, 9.17) is 0 Å². The molecule has 1 N–H and O–H groups in total. The topological polar surface area (TPSA) is 32.3 Å². The lowest BCUT2D eigenvalue weighted by atomic mass is 9.65. The average Bonchev–Trinajstić information content (AvgIpc) is 3.03. The van der Waals surface area contributed by atoms with E-state index in [9.17, 15) is 4.79 Å². The molecule has 3 nitrogen and oxygen atoms in total. The Morgan fingerprint density at radius 1 is 1.21 bits per heavy atom. The zero-order valence-corrected chi connectivity index (χ0v) is 12.6. The lowest BCUT2D eigenvalue weighted by molar-refractivity contribution is -0.131. The Kier molecular flexibility index (Phi) is 3.18. The highest BCUT2D eigenvalue weighted by Gasteiger charge is 2.50. The van der Waals surface area contributed by atoms with E-state index in [-0.39, 0.29) is 11.0 Å². The number of thiophene rings is 1. The summed E-state index contributed by atoms with van der Waals surface area (Å²) in [6.45, 7) is 0.868. The Hall–Kier alpha value is -0.870. The molecule has 1 aliphatic carbocycles. The largest absolute Gasteiger partial charge is 0.356 e. The van der Waals surface area contributed by atoms with Gasteiger partial charge in [0.25, 0.3) is 0 Å². The molecule has 1 amide bonds. The van der Waals surface area contributed by atoms with Gasteiger partial charge in [0.15, 0.2) is 0 Å². The molecule has 2 heterocycles. The molecule has 1 saturated carbocycles. The van der Waals surface area contributed by atoms with Gasteiger partial charge in [-0.3, -0.25) is 9.69 Å². The van der Waals surface area contributed by atoms with Crippen molar-refractivity contribution in [3.63, 3.8) is 0 Å². The third-order valence-corrected chi connectivity index (χ3v) is 6.30. The van der Waals surface area contributed by atoms with Crippen LogP contribution in [-0.2, 0) is 10.3 Å². The molecule has 2 fully saturated rings. The first kappa shape index (κ1) is 13.1. The van der Waals surface area contributed by atoms with Gasteiger partial charge in [-0.2, -0.15) is 0 Å². The van der Waals surface area contributed by atoms with E-state index in [1.807, 2.05) is 11.3 Å². The summed E-state index contributed by atoms with van der Waals surface area (Å²) in [5.74, 6) is 0.297. The van der Waals surface area contributed by atoms with Crippen LogP contribution in [0, 0.1) is 5.41 Å². The van der Waals surface area contributed by atoms with Crippen molar-refractivity contribution < 1.29 is 4.79 Å². The maximum absolute atomic E-state index is 12.1. The maximum Gasteiger partial charge on any atom is 0.226 e. The number of rotatable bonds is 2. The minimum absolute atomic E-state index is 0.0588. The molecule has 0 radical (unpaired) electrons. The van der Waals surface area contributed by atoms with Crippen LogP contribution in [0.1, 0.15) is 37.0 Å². The second-order valence-electron chi connectivity index (χ2n) is 6.19. The summed E-state index contributed by atoms with van der Waals surface area (Å²) in [7, 11) is 4.35. The highest BCUT2D eigenvalue weighted by molar-refractivity contribution is 7.10. The van der Waals surface area contributed by atoms with Crippen LogP contribution in [0.4, 0.5) is 0 Å². The van der Waals surface area contributed by atoms with Crippen molar-refractivity contribution in [3.8, 4) is 0 Å². The monoisotopic (exact) mass is 278 g/mol. The number of nitrogens with zero attached hydrogens (tertiary/aromatic N) is 1. The number of carbonyl (C=O) groups is 1. The third kappa shape index (κ3) is 1.93. The van der Waals surface area contributed by atoms with Crippen LogP contribution in [0.3, 0.4) is 0 Å². The second-order valence-corrected chi connectivity index (χ2v) is 7.14. The zero-order valence-electron chi connectivity index (χ0n) is 11.7. The fourth-order valence-corrected chi connectivity index (χ4v) is 4.86. The molecule has 3 rings (SSSR count). The van der Waals surface area contributed by atoms with Crippen LogP contribution in [0.2, 0.25) is 0 Å². The van der Waals surface area contributed by atoms with E-state index in [1.54, 1.807) is 0 Å². The minimum Gasteiger partial charge on any atom is -0.356 e. The van der Waals surface area contributed by atoms with Crippen molar-refractivity contribution in [2.75, 3.05) is 20.6 Å². The van der Waals surface area contributed by atoms with Crippen molar-refractivity contribution in [2.45, 2.75) is 37.6 Å². The van der Waals surface area contributed by atoms with Gasteiger partial charge >= 0.3 is 0 Å². The van der Waals surface area contributed by atoms with E-state index in [0.717, 1.165) is 38.6 Å². The van der Waals surface area contributed by atoms with Crippen molar-refractivity contribution >= 4 is 17.2 Å². The fraction of sp³-hybridized carbons (Fsp3) is 0.667. The number of hydrogen-bond acceptors (Lipinski definition) is 3. The number of hydrogen-bond donors (Lipinski definition) is 1. The Labute approximate surface area is 119 Å². The molecule has 1 saturated heterocycles. The zero-order chi connectivity index (χ0) is 13.5. The van der Waals surface area contributed by atoms with Gasteiger partial charge in [0.1, 0.15) is 0 Å². The molecule has 1 aromatic rings. The summed E-state index contributed by atoms with van der Waals surface area (Å²) < 4.78 is 0. The molecular weight excluding hydrogens is 256 g/mol. The van der Waals surface area contributed by atoms with E-state index >= 15 is 0 Å². The first-order chi connectivity index (χ1) is 9.09. The summed E-state index contributed by atoms with van der Waals surface area (Å²) in [6.07, 6.45) is 5.26. The van der Waals surface area contributed by atoms with E-state index in [2.05, 4.69) is 41.8 Å². The Morgan fingerprint density at radius 2 is 1.95 bits per heavy atom. The summed E-state index contributed by atoms with van der Waals surface area (Å²) in [4.78, 5) is 15.9. The summed E-state index contributed by atoms with van der Waals surface area (Å²) >= 11 is 1.85. The van der Waals surface area contributed by atoms with E-state index < -0.39 is 0 Å². The van der Waals surface area contributed by atoms with Crippen LogP contribution < -0.4 is 5.32 Å². The van der Waals surface area contributed by atoms with Crippen LogP contribution in [0.25, 0.3) is 0 Å². The van der Waals surface area contributed by atoms with Crippen LogP contribution >= 0.6 is 11.3 Å². The van der Waals surface area contributed by atoms with Crippen molar-refractivity contribution in [1.29, 1.82) is 0 Å². The first-order valence-corrected chi connectivity index (χ1v) is 7.97. The van der Waals surface area contributed by atoms with Crippen molar-refractivity contribution in [1.82, 2.24) is 10.2 Å². The molecule has 1 aromatic heterocycles. The van der Waals surface area contributed by atoms with Gasteiger partial charge in [-0.25, -0.2) is 0 Å². The van der Waals surface area contributed by atoms with Gasteiger partial charge in [0.05, 0.1) is 11.0 Å². The molecule has 19 heavy (non-hydrogen) atoms. The average molecular weight is 278 g/mol. The number of amides is 1. The van der Waals surface area contributed by atoms with E-state index in [1.165, 1.54) is 4.88 Å². The molecule has 2 aliphatic rings. The molecule has 0 unspecified atom stereocenters. The third-order valence-electron chi connectivity index (χ3n) is 5.24. The molecular formula is C15H22N2OS. The van der Waals surface area contributed by atoms with Crippen molar-refractivity contribution in [2.24, 2.45) is 5.41 Å². The molecule has 1 aliphatic heterocycles. The highest BCUT2D eigenvalue weighted by atomic mass is 32.1. The molecule has 0 bridgehead atoms. The Morgan fingerprint density at radius 3 is 2.42 bits per heavy atom. The first-order valence-electron chi connectivity index (χ1n) is 7.09. The summed E-state index contributed by atoms with van der Waals surface area (Å²) in [6, 6.07) is 4.38. The van der Waals surface area contributed by atoms with Crippen LogP contribution in [0.15, 0.2) is 17.5 Å². The normalized spacial score (nSPS) is 35.0. The van der Waals surface area contributed by atoms with Gasteiger partial charge in [0, 0.05) is 11.4 Å². The number of nitrogens with one attached hydrogen (secondary N) is 1. The second kappa shape index (κ2) is 4.60. The highest BCUT2D eigenvalue weighted by Crippen LogP contribution is 2.51. The van der Waals surface area contributed by atoms with Gasteiger partial charge < -0.3 is 5.32 Å². The number of carbonyl (C=O) groups excluding carboxylic acids is 1. The quantitative estimate of drug-likeness (QED) is 0.902. The Bertz CT molecular complexity index is 458.